The van der Waals surface area contributed by atoms with Crippen LogP contribution in [0.25, 0.3) is 0 Å². The molecule has 0 heterocycles. The maximum absolute atomic E-state index is 12.2. The van der Waals surface area contributed by atoms with Crippen molar-refractivity contribution in [1.29, 1.82) is 0 Å². The lowest BCUT2D eigenvalue weighted by Crippen LogP contribution is -2.36. The molecule has 0 aromatic heterocycles. The number of aryl methyl sites for hydroxylation is 1. The first-order chi connectivity index (χ1) is 8.61. The van der Waals surface area contributed by atoms with Gasteiger partial charge in [0.25, 0.3) is 0 Å². The second-order valence-corrected chi connectivity index (χ2v) is 5.18. The number of hydrogen-bond donors (Lipinski definition) is 1. The van der Waals surface area contributed by atoms with Crippen molar-refractivity contribution in [2.24, 2.45) is 11.7 Å². The Morgan fingerprint density at radius 1 is 1.39 bits per heavy atom. The number of anilines is 1. The molecule has 1 aliphatic rings. The number of nitrogens with zero attached hydrogens (tertiary/aromatic N) is 1. The van der Waals surface area contributed by atoms with E-state index < -0.39 is 0 Å². The minimum Gasteiger partial charge on any atom is -0.327 e. The van der Waals surface area contributed by atoms with E-state index in [1.807, 2.05) is 43.0 Å². The van der Waals surface area contributed by atoms with Crippen molar-refractivity contribution in [3.63, 3.8) is 0 Å². The molecule has 1 atom stereocenters. The number of amides is 1. The number of carbonyl (C=O) groups is 1. The molecule has 0 saturated heterocycles. The zero-order valence-electron chi connectivity index (χ0n) is 11.2. The summed E-state index contributed by atoms with van der Waals surface area (Å²) in [5, 5.41) is 0. The van der Waals surface area contributed by atoms with E-state index >= 15 is 0 Å². The van der Waals surface area contributed by atoms with Crippen molar-refractivity contribution >= 4 is 11.6 Å². The topological polar surface area (TPSA) is 46.3 Å². The van der Waals surface area contributed by atoms with Gasteiger partial charge in [-0.25, -0.2) is 0 Å². The summed E-state index contributed by atoms with van der Waals surface area (Å²) in [7, 11) is 0. The minimum absolute atomic E-state index is 0.0389. The van der Waals surface area contributed by atoms with E-state index in [0.717, 1.165) is 5.69 Å². The maximum atomic E-state index is 12.2. The molecule has 3 heteroatoms. The van der Waals surface area contributed by atoms with Crippen LogP contribution < -0.4 is 10.6 Å². The van der Waals surface area contributed by atoms with Gasteiger partial charge in [0.2, 0.25) is 5.91 Å². The normalized spacial score (nSPS) is 16.4. The van der Waals surface area contributed by atoms with Crippen LogP contribution in [-0.4, -0.2) is 18.5 Å². The fourth-order valence-corrected chi connectivity index (χ4v) is 2.23. The van der Waals surface area contributed by atoms with E-state index in [2.05, 4.69) is 0 Å². The van der Waals surface area contributed by atoms with Gasteiger partial charge in [-0.1, -0.05) is 17.7 Å². The largest absolute Gasteiger partial charge is 0.327 e. The SMILES string of the molecule is CCN(C(=O)CC(N)C1CC1)c1ccc(C)cc1. The Morgan fingerprint density at radius 3 is 2.50 bits per heavy atom. The van der Waals surface area contributed by atoms with Gasteiger partial charge in [-0.3, -0.25) is 4.79 Å². The third kappa shape index (κ3) is 3.10. The van der Waals surface area contributed by atoms with E-state index in [9.17, 15) is 4.79 Å². The highest BCUT2D eigenvalue weighted by Gasteiger charge is 2.31. The third-order valence-corrected chi connectivity index (χ3v) is 3.60. The van der Waals surface area contributed by atoms with Gasteiger partial charge in [-0.2, -0.15) is 0 Å². The van der Waals surface area contributed by atoms with Gasteiger partial charge in [0.15, 0.2) is 0 Å². The molecule has 1 aromatic carbocycles. The molecular weight excluding hydrogens is 224 g/mol. The van der Waals surface area contributed by atoms with E-state index in [0.29, 0.717) is 18.9 Å². The summed E-state index contributed by atoms with van der Waals surface area (Å²) in [5.41, 5.74) is 8.20. The average molecular weight is 246 g/mol. The van der Waals surface area contributed by atoms with Crippen molar-refractivity contribution < 1.29 is 4.79 Å². The molecule has 1 amide bonds. The Balaban J connectivity index is 2.02. The summed E-state index contributed by atoms with van der Waals surface area (Å²) in [6.07, 6.45) is 2.84. The zero-order valence-corrected chi connectivity index (χ0v) is 11.2. The van der Waals surface area contributed by atoms with Gasteiger partial charge in [-0.15, -0.1) is 0 Å². The summed E-state index contributed by atoms with van der Waals surface area (Å²) in [4.78, 5) is 14.1. The quantitative estimate of drug-likeness (QED) is 0.867. The summed E-state index contributed by atoms with van der Waals surface area (Å²) >= 11 is 0. The summed E-state index contributed by atoms with van der Waals surface area (Å²) in [6, 6.07) is 8.11. The fourth-order valence-electron chi connectivity index (χ4n) is 2.23. The molecule has 1 saturated carbocycles. The summed E-state index contributed by atoms with van der Waals surface area (Å²) in [6.45, 7) is 4.74. The van der Waals surface area contributed by atoms with Crippen LogP contribution in [0.1, 0.15) is 31.7 Å². The van der Waals surface area contributed by atoms with Crippen molar-refractivity contribution in [2.75, 3.05) is 11.4 Å². The highest BCUT2D eigenvalue weighted by molar-refractivity contribution is 5.93. The van der Waals surface area contributed by atoms with Crippen molar-refractivity contribution in [2.45, 2.75) is 39.2 Å². The van der Waals surface area contributed by atoms with Crippen LogP contribution in [0.3, 0.4) is 0 Å². The molecule has 2 N–H and O–H groups in total. The summed E-state index contributed by atoms with van der Waals surface area (Å²) in [5.74, 6) is 0.714. The fraction of sp³-hybridized carbons (Fsp3) is 0.533. The zero-order chi connectivity index (χ0) is 13.1. The van der Waals surface area contributed by atoms with Crippen LogP contribution in [0.5, 0.6) is 0 Å². The van der Waals surface area contributed by atoms with Gasteiger partial charge in [-0.05, 0) is 44.7 Å². The minimum atomic E-state index is 0.0389. The Labute approximate surface area is 109 Å². The second-order valence-electron chi connectivity index (χ2n) is 5.18. The number of benzene rings is 1. The molecule has 0 radical (unpaired) electrons. The number of carbonyl (C=O) groups excluding carboxylic acids is 1. The first-order valence-corrected chi connectivity index (χ1v) is 6.74. The molecule has 1 aromatic rings. The molecule has 98 valence electrons. The highest BCUT2D eigenvalue weighted by Crippen LogP contribution is 2.33. The van der Waals surface area contributed by atoms with Crippen LogP contribution in [0, 0.1) is 12.8 Å². The Bertz CT molecular complexity index is 409. The monoisotopic (exact) mass is 246 g/mol. The average Bonchev–Trinajstić information content (AvgIpc) is 3.16. The predicted molar refractivity (Wildman–Crippen MR) is 74.5 cm³/mol. The highest BCUT2D eigenvalue weighted by atomic mass is 16.2. The number of rotatable bonds is 5. The van der Waals surface area contributed by atoms with Crippen molar-refractivity contribution in [1.82, 2.24) is 0 Å². The van der Waals surface area contributed by atoms with Crippen LogP contribution >= 0.6 is 0 Å². The van der Waals surface area contributed by atoms with Gasteiger partial charge in [0.1, 0.15) is 0 Å². The van der Waals surface area contributed by atoms with Crippen molar-refractivity contribution in [3.05, 3.63) is 29.8 Å². The molecule has 1 aliphatic carbocycles. The lowest BCUT2D eigenvalue weighted by molar-refractivity contribution is -0.119. The molecule has 3 nitrogen and oxygen atoms in total. The molecule has 0 spiro atoms. The van der Waals surface area contributed by atoms with Gasteiger partial charge in [0.05, 0.1) is 0 Å². The van der Waals surface area contributed by atoms with Crippen LogP contribution in [0.15, 0.2) is 24.3 Å². The number of hydrogen-bond acceptors (Lipinski definition) is 2. The smallest absolute Gasteiger partial charge is 0.228 e. The van der Waals surface area contributed by atoms with Crippen molar-refractivity contribution in [3.8, 4) is 0 Å². The Hall–Kier alpha value is -1.35. The molecule has 0 aliphatic heterocycles. The van der Waals surface area contributed by atoms with Gasteiger partial charge < -0.3 is 10.6 Å². The molecule has 2 rings (SSSR count). The summed E-state index contributed by atoms with van der Waals surface area (Å²) < 4.78 is 0. The Kier molecular flexibility index (Phi) is 4.02. The van der Waals surface area contributed by atoms with Crippen LogP contribution in [0.4, 0.5) is 5.69 Å². The lowest BCUT2D eigenvalue weighted by Gasteiger charge is -2.23. The van der Waals surface area contributed by atoms with Crippen LogP contribution in [0.2, 0.25) is 0 Å². The van der Waals surface area contributed by atoms with E-state index in [1.165, 1.54) is 18.4 Å². The standard InChI is InChI=1S/C15H22N2O/c1-3-17(13-8-4-11(2)5-9-13)15(18)10-14(16)12-6-7-12/h4-5,8-9,12,14H,3,6-7,10,16H2,1-2H3. The number of nitrogens with two attached hydrogens (primary N) is 1. The van der Waals surface area contributed by atoms with Crippen LogP contribution in [-0.2, 0) is 4.79 Å². The van der Waals surface area contributed by atoms with E-state index in [4.69, 9.17) is 5.73 Å². The predicted octanol–water partition coefficient (Wildman–Crippen LogP) is 2.48. The van der Waals surface area contributed by atoms with Gasteiger partial charge >= 0.3 is 0 Å². The molecular formula is C15H22N2O. The Morgan fingerprint density at radius 2 is 2.00 bits per heavy atom. The third-order valence-electron chi connectivity index (χ3n) is 3.60. The van der Waals surface area contributed by atoms with E-state index in [1.54, 1.807) is 0 Å². The molecule has 1 unspecified atom stereocenters. The second kappa shape index (κ2) is 5.53. The maximum Gasteiger partial charge on any atom is 0.228 e. The van der Waals surface area contributed by atoms with E-state index in [-0.39, 0.29) is 11.9 Å². The van der Waals surface area contributed by atoms with Gasteiger partial charge in [0, 0.05) is 24.7 Å². The first-order valence-electron chi connectivity index (χ1n) is 6.74. The molecule has 1 fully saturated rings. The molecule has 0 bridgehead atoms. The first kappa shape index (κ1) is 13.1. The lowest BCUT2D eigenvalue weighted by atomic mass is 10.1. The molecule has 18 heavy (non-hydrogen) atoms.